The van der Waals surface area contributed by atoms with Crippen LogP contribution >= 0.6 is 11.6 Å². The van der Waals surface area contributed by atoms with Crippen LogP contribution in [-0.4, -0.2) is 32.4 Å². The second-order valence-electron chi connectivity index (χ2n) is 11.0. The third-order valence-electron chi connectivity index (χ3n) is 8.38. The van der Waals surface area contributed by atoms with Crippen molar-refractivity contribution < 1.29 is 9.18 Å². The number of hydrogen-bond donors (Lipinski definition) is 1. The minimum atomic E-state index is -0.763. The van der Waals surface area contributed by atoms with Gasteiger partial charge in [0, 0.05) is 46.9 Å². The zero-order valence-corrected chi connectivity index (χ0v) is 21.4. The maximum Gasteiger partial charge on any atom is 0.258 e. The molecule has 188 valence electrons. The molecule has 3 aromatic rings. The van der Waals surface area contributed by atoms with Gasteiger partial charge in [-0.1, -0.05) is 23.7 Å². The Hall–Kier alpha value is -2.77. The van der Waals surface area contributed by atoms with Gasteiger partial charge in [0.1, 0.15) is 18.3 Å². The van der Waals surface area contributed by atoms with Crippen LogP contribution < -0.4 is 10.2 Å². The number of benzene rings is 2. The van der Waals surface area contributed by atoms with E-state index in [0.717, 1.165) is 28.2 Å². The fourth-order valence-electron chi connectivity index (χ4n) is 5.88. The van der Waals surface area contributed by atoms with Gasteiger partial charge in [-0.15, -0.1) is 10.2 Å². The fraction of sp³-hybridized carbons (Fsp3) is 0.464. The predicted molar refractivity (Wildman–Crippen MR) is 138 cm³/mol. The number of anilines is 1. The van der Waals surface area contributed by atoms with E-state index in [1.54, 1.807) is 11.2 Å². The lowest BCUT2D eigenvalue weighted by Crippen LogP contribution is -2.47. The molecule has 1 N–H and O–H groups in total. The van der Waals surface area contributed by atoms with Gasteiger partial charge >= 0.3 is 0 Å². The Labute approximate surface area is 215 Å². The summed E-state index contributed by atoms with van der Waals surface area (Å²) in [5.41, 5.74) is 4.60. The molecule has 2 heterocycles. The van der Waals surface area contributed by atoms with E-state index in [0.29, 0.717) is 36.5 Å². The molecular formula is C28H31ClFN5O. The van der Waals surface area contributed by atoms with Crippen LogP contribution in [0.5, 0.6) is 0 Å². The molecule has 36 heavy (non-hydrogen) atoms. The van der Waals surface area contributed by atoms with E-state index in [9.17, 15) is 9.18 Å². The Morgan fingerprint density at radius 3 is 2.72 bits per heavy atom. The van der Waals surface area contributed by atoms with Crippen LogP contribution in [0.4, 0.5) is 10.1 Å². The molecule has 1 atom stereocenters. The number of rotatable bonds is 7. The van der Waals surface area contributed by atoms with Crippen LogP contribution in [0.1, 0.15) is 77.8 Å². The number of alkyl halides is 1. The summed E-state index contributed by atoms with van der Waals surface area (Å²) in [5.74, 6) is 0.870. The van der Waals surface area contributed by atoms with Crippen molar-refractivity contribution in [2.24, 2.45) is 13.0 Å². The van der Waals surface area contributed by atoms with Crippen molar-refractivity contribution in [1.82, 2.24) is 20.1 Å². The van der Waals surface area contributed by atoms with Gasteiger partial charge in [-0.25, -0.2) is 4.39 Å². The maximum atomic E-state index is 13.8. The van der Waals surface area contributed by atoms with Gasteiger partial charge < -0.3 is 14.8 Å². The topological polar surface area (TPSA) is 63.1 Å². The summed E-state index contributed by atoms with van der Waals surface area (Å²) in [6.07, 6.45) is 5.56. The average molecular weight is 508 g/mol. The number of fused-ring (bicyclic) bond motifs is 1. The van der Waals surface area contributed by atoms with Gasteiger partial charge in [-0.05, 0) is 80.3 Å². The zero-order valence-electron chi connectivity index (χ0n) is 20.7. The van der Waals surface area contributed by atoms with Crippen molar-refractivity contribution in [2.75, 3.05) is 4.90 Å². The van der Waals surface area contributed by atoms with E-state index in [1.807, 2.05) is 48.0 Å². The standard InChI is InChI=1S/C28H31ClFN5O/c1-28(7-4-8-28)31-14-17-9-22-23(24(29)10-17)15-35(27(22)36)21-6-3-5-18(13-21)25(19-11-20(30)12-19)26-33-32-16-34(26)2/h3,5-6,9-10,13,16,19-20,25,31H,4,7-8,11-12,14-15H2,1-2H3/t19?,20?,25-/m0/s1. The summed E-state index contributed by atoms with van der Waals surface area (Å²) in [4.78, 5) is 15.3. The highest BCUT2D eigenvalue weighted by atomic mass is 35.5. The summed E-state index contributed by atoms with van der Waals surface area (Å²) >= 11 is 6.68. The summed E-state index contributed by atoms with van der Waals surface area (Å²) in [6, 6.07) is 12.0. The first-order valence-electron chi connectivity index (χ1n) is 12.8. The van der Waals surface area contributed by atoms with Crippen molar-refractivity contribution in [2.45, 2.75) is 69.7 Å². The van der Waals surface area contributed by atoms with E-state index in [4.69, 9.17) is 11.6 Å². The third kappa shape index (κ3) is 4.12. The molecule has 0 radical (unpaired) electrons. The molecule has 6 nitrogen and oxygen atoms in total. The molecule has 0 spiro atoms. The van der Waals surface area contributed by atoms with Gasteiger partial charge in [-0.2, -0.15) is 0 Å². The highest BCUT2D eigenvalue weighted by Crippen LogP contribution is 2.45. The molecule has 1 amide bonds. The zero-order chi connectivity index (χ0) is 25.0. The predicted octanol–water partition coefficient (Wildman–Crippen LogP) is 5.54. The number of aromatic nitrogens is 3. The quantitative estimate of drug-likeness (QED) is 0.456. The van der Waals surface area contributed by atoms with Crippen molar-refractivity contribution in [3.8, 4) is 0 Å². The Morgan fingerprint density at radius 1 is 1.25 bits per heavy atom. The largest absolute Gasteiger partial charge is 0.320 e. The van der Waals surface area contributed by atoms with E-state index in [1.165, 1.54) is 19.3 Å². The molecule has 0 bridgehead atoms. The summed E-state index contributed by atoms with van der Waals surface area (Å²) in [5, 5.41) is 12.7. The van der Waals surface area contributed by atoms with Crippen molar-refractivity contribution in [3.05, 3.63) is 75.8 Å². The van der Waals surface area contributed by atoms with E-state index < -0.39 is 6.17 Å². The molecule has 8 heteroatoms. The van der Waals surface area contributed by atoms with E-state index in [2.05, 4.69) is 22.4 Å². The molecule has 0 saturated heterocycles. The molecule has 2 aromatic carbocycles. The van der Waals surface area contributed by atoms with Crippen LogP contribution in [0.25, 0.3) is 0 Å². The maximum absolute atomic E-state index is 13.8. The van der Waals surface area contributed by atoms with Crippen molar-refractivity contribution in [3.63, 3.8) is 0 Å². The summed E-state index contributed by atoms with van der Waals surface area (Å²) < 4.78 is 15.7. The minimum absolute atomic E-state index is 0.0385. The van der Waals surface area contributed by atoms with Gasteiger partial charge in [0.2, 0.25) is 0 Å². The SMILES string of the molecule is Cn1cnnc1[C@@H](c1cccc(N2Cc3c(Cl)cc(CNC4(C)CCC4)cc3C2=O)c1)C1CC(F)C1. The first-order chi connectivity index (χ1) is 17.3. The molecular weight excluding hydrogens is 477 g/mol. The van der Waals surface area contributed by atoms with Crippen LogP contribution in [0.2, 0.25) is 5.02 Å². The van der Waals surface area contributed by atoms with Gasteiger partial charge in [0.15, 0.2) is 0 Å². The first kappa shape index (κ1) is 23.6. The smallest absolute Gasteiger partial charge is 0.258 e. The molecule has 0 unspecified atom stereocenters. The number of nitrogens with zero attached hydrogens (tertiary/aromatic N) is 4. The number of halogens is 2. The van der Waals surface area contributed by atoms with Gasteiger partial charge in [0.25, 0.3) is 5.91 Å². The molecule has 1 aliphatic heterocycles. The Kier molecular flexibility index (Phi) is 5.88. The first-order valence-corrected chi connectivity index (χ1v) is 13.2. The number of carbonyl (C=O) groups excluding carboxylic acids is 1. The monoisotopic (exact) mass is 507 g/mol. The van der Waals surface area contributed by atoms with Crippen LogP contribution in [0.3, 0.4) is 0 Å². The average Bonchev–Trinajstić information content (AvgIpc) is 3.39. The van der Waals surface area contributed by atoms with Crippen LogP contribution in [0.15, 0.2) is 42.7 Å². The summed E-state index contributed by atoms with van der Waals surface area (Å²) in [6.45, 7) is 3.38. The van der Waals surface area contributed by atoms with Crippen LogP contribution in [-0.2, 0) is 20.1 Å². The molecule has 2 aliphatic carbocycles. The van der Waals surface area contributed by atoms with E-state index >= 15 is 0 Å². The van der Waals surface area contributed by atoms with Crippen molar-refractivity contribution in [1.29, 1.82) is 0 Å². The lowest BCUT2D eigenvalue weighted by atomic mass is 9.71. The van der Waals surface area contributed by atoms with Crippen LogP contribution in [0, 0.1) is 5.92 Å². The normalized spacial score (nSPS) is 23.2. The number of aryl methyl sites for hydroxylation is 1. The lowest BCUT2D eigenvalue weighted by Gasteiger charge is -2.39. The number of hydrogen-bond acceptors (Lipinski definition) is 4. The minimum Gasteiger partial charge on any atom is -0.320 e. The molecule has 2 fully saturated rings. The molecule has 2 saturated carbocycles. The molecule has 6 rings (SSSR count). The Morgan fingerprint density at radius 2 is 2.06 bits per heavy atom. The second kappa shape index (κ2) is 8.96. The summed E-state index contributed by atoms with van der Waals surface area (Å²) in [7, 11) is 1.91. The second-order valence-corrected chi connectivity index (χ2v) is 11.4. The van der Waals surface area contributed by atoms with Gasteiger partial charge in [0.05, 0.1) is 6.54 Å². The number of amides is 1. The highest BCUT2D eigenvalue weighted by Gasteiger charge is 2.39. The van der Waals surface area contributed by atoms with Crippen molar-refractivity contribution >= 4 is 23.2 Å². The molecule has 3 aliphatic rings. The third-order valence-corrected chi connectivity index (χ3v) is 8.71. The lowest BCUT2D eigenvalue weighted by molar-refractivity contribution is 0.0996. The fourth-order valence-corrected chi connectivity index (χ4v) is 6.18. The Balaban J connectivity index is 1.27. The Bertz CT molecular complexity index is 1310. The number of nitrogens with one attached hydrogen (secondary N) is 1. The molecule has 1 aromatic heterocycles. The highest BCUT2D eigenvalue weighted by molar-refractivity contribution is 6.32. The number of carbonyl (C=O) groups is 1. The van der Waals surface area contributed by atoms with E-state index in [-0.39, 0.29) is 23.3 Å². The van der Waals surface area contributed by atoms with Gasteiger partial charge in [-0.3, -0.25) is 4.79 Å².